The van der Waals surface area contributed by atoms with E-state index in [1.807, 2.05) is 0 Å². The third-order valence-corrected chi connectivity index (χ3v) is 4.98. The number of hydrogen-bond acceptors (Lipinski definition) is 2. The van der Waals surface area contributed by atoms with Crippen LogP contribution < -0.4 is 5.32 Å². The molecule has 136 valence electrons. The van der Waals surface area contributed by atoms with E-state index in [1.165, 1.54) is 115 Å². The van der Waals surface area contributed by atoms with E-state index in [2.05, 4.69) is 17.2 Å². The average Bonchev–Trinajstić information content (AvgIpc) is 2.59. The van der Waals surface area contributed by atoms with Crippen molar-refractivity contribution in [2.75, 3.05) is 13.1 Å². The number of nitrogens with zero attached hydrogens (tertiary/aromatic N) is 1. The van der Waals surface area contributed by atoms with E-state index in [0.29, 0.717) is 0 Å². The molecule has 0 amide bonds. The van der Waals surface area contributed by atoms with Crippen molar-refractivity contribution in [1.29, 1.82) is 0 Å². The number of amidine groups is 1. The van der Waals surface area contributed by atoms with Crippen LogP contribution in [-0.4, -0.2) is 18.9 Å². The fourth-order valence-electron chi connectivity index (χ4n) is 3.41. The monoisotopic (exact) mass is 322 g/mol. The maximum Gasteiger partial charge on any atom is 0.0963 e. The zero-order chi connectivity index (χ0) is 16.4. The Morgan fingerprint density at radius 1 is 0.696 bits per heavy atom. The second kappa shape index (κ2) is 16.3. The summed E-state index contributed by atoms with van der Waals surface area (Å²) in [6, 6.07) is 0. The van der Waals surface area contributed by atoms with Gasteiger partial charge in [-0.3, -0.25) is 4.99 Å². The first-order chi connectivity index (χ1) is 11.4. The van der Waals surface area contributed by atoms with Gasteiger partial charge in [0.15, 0.2) is 0 Å². The topological polar surface area (TPSA) is 24.4 Å². The first-order valence-corrected chi connectivity index (χ1v) is 10.7. The van der Waals surface area contributed by atoms with E-state index in [0.717, 1.165) is 13.1 Å². The molecule has 0 fully saturated rings. The minimum absolute atomic E-state index is 1.04. The predicted molar refractivity (Wildman–Crippen MR) is 104 cm³/mol. The average molecular weight is 323 g/mol. The fourth-order valence-corrected chi connectivity index (χ4v) is 3.41. The first-order valence-electron chi connectivity index (χ1n) is 10.7. The maximum absolute atomic E-state index is 4.54. The van der Waals surface area contributed by atoms with Crippen molar-refractivity contribution in [1.82, 2.24) is 5.32 Å². The summed E-state index contributed by atoms with van der Waals surface area (Å²) in [7, 11) is 0. The van der Waals surface area contributed by atoms with Gasteiger partial charge in [0.2, 0.25) is 0 Å². The Labute approximate surface area is 145 Å². The molecule has 0 aliphatic carbocycles. The van der Waals surface area contributed by atoms with Gasteiger partial charge in [-0.25, -0.2) is 0 Å². The summed E-state index contributed by atoms with van der Waals surface area (Å²) >= 11 is 0. The molecule has 0 bridgehead atoms. The van der Waals surface area contributed by atoms with Crippen LogP contribution in [-0.2, 0) is 0 Å². The van der Waals surface area contributed by atoms with Gasteiger partial charge in [-0.1, -0.05) is 96.8 Å². The Balaban J connectivity index is 1.69. The van der Waals surface area contributed by atoms with Gasteiger partial charge in [-0.15, -0.1) is 0 Å². The van der Waals surface area contributed by atoms with E-state index in [9.17, 15) is 0 Å². The summed E-state index contributed by atoms with van der Waals surface area (Å²) in [5.74, 6) is 1.27. The van der Waals surface area contributed by atoms with Gasteiger partial charge in [0.25, 0.3) is 0 Å². The summed E-state index contributed by atoms with van der Waals surface area (Å²) in [5.41, 5.74) is 0. The van der Waals surface area contributed by atoms with Crippen LogP contribution in [0.15, 0.2) is 4.99 Å². The minimum atomic E-state index is 1.04. The third-order valence-electron chi connectivity index (χ3n) is 4.98. The molecule has 0 aromatic carbocycles. The second-order valence-electron chi connectivity index (χ2n) is 7.31. The molecule has 23 heavy (non-hydrogen) atoms. The first kappa shape index (κ1) is 20.5. The van der Waals surface area contributed by atoms with Gasteiger partial charge in [0, 0.05) is 19.5 Å². The molecule has 1 rings (SSSR count). The van der Waals surface area contributed by atoms with Crippen LogP contribution >= 0.6 is 0 Å². The highest BCUT2D eigenvalue weighted by Gasteiger charge is 2.02. The Hall–Kier alpha value is -0.530. The smallest absolute Gasteiger partial charge is 0.0963 e. The molecule has 1 heterocycles. The highest BCUT2D eigenvalue weighted by atomic mass is 15.0. The molecule has 2 nitrogen and oxygen atoms in total. The summed E-state index contributed by atoms with van der Waals surface area (Å²) in [6.45, 7) is 4.47. The van der Waals surface area contributed by atoms with Gasteiger partial charge in [0.1, 0.15) is 0 Å². The maximum atomic E-state index is 4.54. The number of aliphatic imine (C=N–C) groups is 1. The standard InChI is InChI=1S/C21H42N2/c1-2-3-4-5-6-7-8-9-10-11-12-13-14-15-16-18-21-22-19-17-20-23-21/h2-20H2,1H3,(H,22,23). The van der Waals surface area contributed by atoms with Crippen molar-refractivity contribution in [2.24, 2.45) is 4.99 Å². The van der Waals surface area contributed by atoms with Crippen LogP contribution in [0.3, 0.4) is 0 Å². The molecule has 0 aromatic rings. The zero-order valence-electron chi connectivity index (χ0n) is 15.9. The van der Waals surface area contributed by atoms with Crippen LogP contribution in [0.25, 0.3) is 0 Å². The molecular formula is C21H42N2. The lowest BCUT2D eigenvalue weighted by molar-refractivity contribution is 0.533. The van der Waals surface area contributed by atoms with Crippen molar-refractivity contribution < 1.29 is 0 Å². The molecular weight excluding hydrogens is 280 g/mol. The Morgan fingerprint density at radius 2 is 1.17 bits per heavy atom. The lowest BCUT2D eigenvalue weighted by atomic mass is 10.0. The van der Waals surface area contributed by atoms with Crippen LogP contribution in [0.5, 0.6) is 0 Å². The van der Waals surface area contributed by atoms with E-state index in [1.54, 1.807) is 0 Å². The van der Waals surface area contributed by atoms with Gasteiger partial charge in [-0.2, -0.15) is 0 Å². The Bertz CT molecular complexity index is 273. The van der Waals surface area contributed by atoms with E-state index < -0.39 is 0 Å². The molecule has 0 radical (unpaired) electrons. The van der Waals surface area contributed by atoms with Gasteiger partial charge in [0.05, 0.1) is 5.84 Å². The third kappa shape index (κ3) is 13.6. The molecule has 1 N–H and O–H groups in total. The highest BCUT2D eigenvalue weighted by Crippen LogP contribution is 2.13. The SMILES string of the molecule is CCCCCCCCCCCCCCCCCC1=NCCCN1. The molecule has 0 saturated carbocycles. The summed E-state index contributed by atoms with van der Waals surface area (Å²) in [4.78, 5) is 4.54. The van der Waals surface area contributed by atoms with E-state index in [4.69, 9.17) is 0 Å². The van der Waals surface area contributed by atoms with Gasteiger partial charge < -0.3 is 5.32 Å². The highest BCUT2D eigenvalue weighted by molar-refractivity contribution is 5.82. The molecule has 2 heteroatoms. The summed E-state index contributed by atoms with van der Waals surface area (Å²) < 4.78 is 0. The Morgan fingerprint density at radius 3 is 1.61 bits per heavy atom. The van der Waals surface area contributed by atoms with Crippen LogP contribution in [0.1, 0.15) is 116 Å². The second-order valence-corrected chi connectivity index (χ2v) is 7.31. The quantitative estimate of drug-likeness (QED) is 0.316. The van der Waals surface area contributed by atoms with Crippen LogP contribution in [0.4, 0.5) is 0 Å². The molecule has 0 aromatic heterocycles. The number of hydrogen-bond donors (Lipinski definition) is 1. The van der Waals surface area contributed by atoms with Crippen molar-refractivity contribution in [3.05, 3.63) is 0 Å². The summed E-state index contributed by atoms with van der Waals surface area (Å²) in [6.07, 6.45) is 24.0. The number of unbranched alkanes of at least 4 members (excludes halogenated alkanes) is 14. The molecule has 0 unspecified atom stereocenters. The molecule has 0 spiro atoms. The minimum Gasteiger partial charge on any atom is -0.374 e. The normalized spacial score (nSPS) is 14.6. The van der Waals surface area contributed by atoms with E-state index >= 15 is 0 Å². The van der Waals surface area contributed by atoms with Crippen molar-refractivity contribution in [3.63, 3.8) is 0 Å². The van der Waals surface area contributed by atoms with Crippen molar-refractivity contribution in [2.45, 2.75) is 116 Å². The largest absolute Gasteiger partial charge is 0.374 e. The lowest BCUT2D eigenvalue weighted by Crippen LogP contribution is -2.29. The number of rotatable bonds is 16. The zero-order valence-corrected chi connectivity index (χ0v) is 15.9. The van der Waals surface area contributed by atoms with Crippen LogP contribution in [0, 0.1) is 0 Å². The predicted octanol–water partition coefficient (Wildman–Crippen LogP) is 6.64. The number of nitrogens with one attached hydrogen (secondary N) is 1. The van der Waals surface area contributed by atoms with Crippen molar-refractivity contribution >= 4 is 5.84 Å². The molecule has 1 aliphatic rings. The van der Waals surface area contributed by atoms with Gasteiger partial charge in [-0.05, 0) is 12.8 Å². The van der Waals surface area contributed by atoms with Gasteiger partial charge >= 0.3 is 0 Å². The molecule has 0 saturated heterocycles. The molecule has 1 aliphatic heterocycles. The fraction of sp³-hybridized carbons (Fsp3) is 0.952. The Kier molecular flexibility index (Phi) is 14.6. The molecule has 0 atom stereocenters. The summed E-state index contributed by atoms with van der Waals surface area (Å²) in [5, 5.41) is 3.42. The van der Waals surface area contributed by atoms with Crippen molar-refractivity contribution in [3.8, 4) is 0 Å². The van der Waals surface area contributed by atoms with Crippen LogP contribution in [0.2, 0.25) is 0 Å². The lowest BCUT2D eigenvalue weighted by Gasteiger charge is -2.14. The van der Waals surface area contributed by atoms with E-state index in [-0.39, 0.29) is 0 Å².